The van der Waals surface area contributed by atoms with E-state index in [4.69, 9.17) is 9.47 Å². The van der Waals surface area contributed by atoms with E-state index in [1.165, 1.54) is 24.2 Å². The molecule has 2 bridgehead atoms. The molecule has 4 heterocycles. The number of hydrogen-bond donors (Lipinski definition) is 0. The molecule has 0 amide bonds. The number of rotatable bonds is 7. The first kappa shape index (κ1) is 20.7. The maximum absolute atomic E-state index is 13.1. The molecule has 0 radical (unpaired) electrons. The minimum Gasteiger partial charge on any atom is -0.490 e. The number of fused-ring (bicyclic) bond motifs is 3. The molecule has 2 fully saturated rings. The second-order valence-electron chi connectivity index (χ2n) is 8.55. The maximum Gasteiger partial charge on any atom is 0.275 e. The highest BCUT2D eigenvalue weighted by atomic mass is 32.1. The van der Waals surface area contributed by atoms with Crippen molar-refractivity contribution in [2.24, 2.45) is 0 Å². The summed E-state index contributed by atoms with van der Waals surface area (Å²) in [6.07, 6.45) is 7.47. The summed E-state index contributed by atoms with van der Waals surface area (Å²) in [7, 11) is 2.24. The fourth-order valence-corrected chi connectivity index (χ4v) is 5.94. The third-order valence-corrected chi connectivity index (χ3v) is 7.83. The highest BCUT2D eigenvalue weighted by molar-refractivity contribution is 7.18. The van der Waals surface area contributed by atoms with Gasteiger partial charge in [0.25, 0.3) is 5.56 Å². The summed E-state index contributed by atoms with van der Waals surface area (Å²) in [4.78, 5) is 21.2. The van der Waals surface area contributed by atoms with Crippen LogP contribution in [0.1, 0.15) is 37.5 Å². The van der Waals surface area contributed by atoms with Gasteiger partial charge in [-0.25, -0.2) is 4.98 Å². The number of piperidine rings is 1. The van der Waals surface area contributed by atoms with Gasteiger partial charge in [-0.2, -0.15) is 0 Å². The van der Waals surface area contributed by atoms with Crippen LogP contribution in [0.4, 0.5) is 0 Å². The number of hydrogen-bond acceptors (Lipinski definition) is 6. The average Bonchev–Trinajstić information content (AvgIpc) is 3.26. The predicted molar refractivity (Wildman–Crippen MR) is 124 cm³/mol. The first-order valence-electron chi connectivity index (χ1n) is 11.2. The lowest BCUT2D eigenvalue weighted by molar-refractivity contribution is 0.0662. The van der Waals surface area contributed by atoms with Gasteiger partial charge in [0.05, 0.1) is 17.8 Å². The van der Waals surface area contributed by atoms with E-state index in [-0.39, 0.29) is 11.7 Å². The molecule has 2 saturated heterocycles. The molecule has 164 valence electrons. The molecular formula is C24H29N3O3S. The van der Waals surface area contributed by atoms with Gasteiger partial charge >= 0.3 is 0 Å². The molecule has 1 aromatic carbocycles. The quantitative estimate of drug-likeness (QED) is 0.520. The Kier molecular flexibility index (Phi) is 5.82. The van der Waals surface area contributed by atoms with Crippen molar-refractivity contribution in [1.29, 1.82) is 0 Å². The number of thiophene rings is 1. The van der Waals surface area contributed by atoms with Gasteiger partial charge in [0.2, 0.25) is 0 Å². The Bertz CT molecular complexity index is 1090. The Morgan fingerprint density at radius 3 is 2.61 bits per heavy atom. The molecule has 7 heteroatoms. The minimum absolute atomic E-state index is 0.0294. The summed E-state index contributed by atoms with van der Waals surface area (Å²) in [5.74, 6) is 0.870. The van der Waals surface area contributed by atoms with Gasteiger partial charge in [-0.05, 0) is 70.0 Å². The summed E-state index contributed by atoms with van der Waals surface area (Å²) < 4.78 is 14.0. The van der Waals surface area contributed by atoms with Crippen molar-refractivity contribution in [2.75, 3.05) is 20.3 Å². The number of ether oxygens (including phenoxy) is 2. The van der Waals surface area contributed by atoms with Crippen LogP contribution in [0.2, 0.25) is 0 Å². The second kappa shape index (κ2) is 8.73. The maximum atomic E-state index is 13.1. The predicted octanol–water partition coefficient (Wildman–Crippen LogP) is 4.03. The van der Waals surface area contributed by atoms with Crippen molar-refractivity contribution >= 4 is 21.6 Å². The van der Waals surface area contributed by atoms with E-state index in [1.54, 1.807) is 10.9 Å². The van der Waals surface area contributed by atoms with Gasteiger partial charge in [-0.15, -0.1) is 11.3 Å². The van der Waals surface area contributed by atoms with Crippen LogP contribution in [0.5, 0.6) is 5.75 Å². The van der Waals surface area contributed by atoms with Crippen LogP contribution in [0.15, 0.2) is 41.5 Å². The molecule has 5 rings (SSSR count). The van der Waals surface area contributed by atoms with Crippen molar-refractivity contribution in [3.63, 3.8) is 0 Å². The van der Waals surface area contributed by atoms with Gasteiger partial charge in [0.15, 0.2) is 0 Å². The molecule has 2 aliphatic rings. The van der Waals surface area contributed by atoms with Crippen LogP contribution in [-0.4, -0.2) is 52.9 Å². The van der Waals surface area contributed by atoms with Crippen molar-refractivity contribution in [3.05, 3.63) is 51.9 Å². The summed E-state index contributed by atoms with van der Waals surface area (Å²) in [5.41, 5.74) is 1.53. The third-order valence-electron chi connectivity index (χ3n) is 6.66. The zero-order valence-electron chi connectivity index (χ0n) is 18.1. The molecule has 1 unspecified atom stereocenters. The lowest BCUT2D eigenvalue weighted by atomic mass is 10.0. The molecule has 3 atom stereocenters. The van der Waals surface area contributed by atoms with E-state index in [2.05, 4.69) is 16.9 Å². The van der Waals surface area contributed by atoms with E-state index < -0.39 is 0 Å². The Morgan fingerprint density at radius 2 is 1.90 bits per heavy atom. The third kappa shape index (κ3) is 4.14. The standard InChI is InChI=1S/C24H29N3O3S/c1-3-29-11-10-21-14-22-23(31-21)24(28)27(15-25-22)16-6-8-19(9-7-16)30-20-12-17-4-5-18(13-20)26(17)2/h6-9,14-15,17-18,20H,3-5,10-13H2,1-2H3/t17-,18+,20?. The number of aromatic nitrogens is 2. The zero-order valence-corrected chi connectivity index (χ0v) is 18.9. The van der Waals surface area contributed by atoms with Crippen molar-refractivity contribution in [3.8, 4) is 11.4 Å². The van der Waals surface area contributed by atoms with E-state index >= 15 is 0 Å². The monoisotopic (exact) mass is 439 g/mol. The molecule has 0 saturated carbocycles. The topological polar surface area (TPSA) is 56.6 Å². The molecule has 6 nitrogen and oxygen atoms in total. The normalized spacial score (nSPS) is 23.5. The SMILES string of the molecule is CCOCCc1cc2ncn(-c3ccc(OC4C[C@H]5CC[C@@H](C4)N5C)cc3)c(=O)c2s1. The molecule has 0 N–H and O–H groups in total. The second-order valence-corrected chi connectivity index (χ2v) is 9.69. The lowest BCUT2D eigenvalue weighted by Gasteiger charge is -2.36. The van der Waals surface area contributed by atoms with E-state index in [0.717, 1.165) is 41.1 Å². The first-order chi connectivity index (χ1) is 15.1. The fraction of sp³-hybridized carbons (Fsp3) is 0.500. The molecule has 2 aliphatic heterocycles. The van der Waals surface area contributed by atoms with E-state index in [9.17, 15) is 4.79 Å². The Morgan fingerprint density at radius 1 is 1.16 bits per heavy atom. The van der Waals surface area contributed by atoms with Crippen molar-refractivity contribution in [2.45, 2.75) is 57.2 Å². The lowest BCUT2D eigenvalue weighted by Crippen LogP contribution is -2.43. The molecule has 3 aromatic rings. The molecule has 0 aliphatic carbocycles. The zero-order chi connectivity index (χ0) is 21.4. The largest absolute Gasteiger partial charge is 0.490 e. The smallest absolute Gasteiger partial charge is 0.275 e. The molecule has 0 spiro atoms. The van der Waals surface area contributed by atoms with Crippen LogP contribution in [0, 0.1) is 0 Å². The van der Waals surface area contributed by atoms with Gasteiger partial charge in [0.1, 0.15) is 22.9 Å². The molecule has 2 aromatic heterocycles. The van der Waals surface area contributed by atoms with Gasteiger partial charge in [0, 0.05) is 30.0 Å². The Labute approximate surface area is 186 Å². The Balaban J connectivity index is 1.31. The number of nitrogens with zero attached hydrogens (tertiary/aromatic N) is 3. The summed E-state index contributed by atoms with van der Waals surface area (Å²) in [6.45, 7) is 3.35. The molecule has 31 heavy (non-hydrogen) atoms. The molecular weight excluding hydrogens is 410 g/mol. The Hall–Kier alpha value is -2.22. The summed E-state index contributed by atoms with van der Waals surface area (Å²) >= 11 is 1.51. The van der Waals surface area contributed by atoms with E-state index in [1.807, 2.05) is 37.3 Å². The average molecular weight is 440 g/mol. The minimum atomic E-state index is -0.0294. The van der Waals surface area contributed by atoms with Gasteiger partial charge in [-0.3, -0.25) is 9.36 Å². The first-order valence-corrected chi connectivity index (χ1v) is 12.0. The van der Waals surface area contributed by atoms with Crippen LogP contribution in [0.25, 0.3) is 15.9 Å². The van der Waals surface area contributed by atoms with Crippen LogP contribution in [0.3, 0.4) is 0 Å². The van der Waals surface area contributed by atoms with Crippen molar-refractivity contribution < 1.29 is 9.47 Å². The summed E-state index contributed by atoms with van der Waals surface area (Å²) in [6, 6.07) is 11.1. The number of benzene rings is 1. The van der Waals surface area contributed by atoms with Crippen molar-refractivity contribution in [1.82, 2.24) is 14.5 Å². The van der Waals surface area contributed by atoms with Gasteiger partial charge in [-0.1, -0.05) is 0 Å². The summed E-state index contributed by atoms with van der Waals surface area (Å²) in [5, 5.41) is 0. The fourth-order valence-electron chi connectivity index (χ4n) is 4.92. The van der Waals surface area contributed by atoms with Gasteiger partial charge < -0.3 is 14.4 Å². The van der Waals surface area contributed by atoms with Crippen LogP contribution < -0.4 is 10.3 Å². The van der Waals surface area contributed by atoms with Crippen LogP contribution in [-0.2, 0) is 11.2 Å². The highest BCUT2D eigenvalue weighted by Crippen LogP contribution is 2.36. The van der Waals surface area contributed by atoms with E-state index in [0.29, 0.717) is 30.0 Å². The highest BCUT2D eigenvalue weighted by Gasteiger charge is 2.39. The van der Waals surface area contributed by atoms with Crippen LogP contribution >= 0.6 is 11.3 Å².